The lowest BCUT2D eigenvalue weighted by Crippen LogP contribution is -2.36. The maximum atomic E-state index is 12.9. The second kappa shape index (κ2) is 5.36. The average molecular weight is 329 g/mol. The van der Waals surface area contributed by atoms with E-state index in [0.29, 0.717) is 26.3 Å². The van der Waals surface area contributed by atoms with Crippen LogP contribution in [0.3, 0.4) is 0 Å². The van der Waals surface area contributed by atoms with Gasteiger partial charge in [-0.15, -0.1) is 0 Å². The van der Waals surface area contributed by atoms with Crippen molar-refractivity contribution in [1.82, 2.24) is 4.31 Å². The summed E-state index contributed by atoms with van der Waals surface area (Å²) in [6.45, 7) is 3.27. The van der Waals surface area contributed by atoms with Gasteiger partial charge in [-0.2, -0.15) is 4.31 Å². The van der Waals surface area contributed by atoms with Crippen molar-refractivity contribution in [2.45, 2.75) is 24.7 Å². The summed E-state index contributed by atoms with van der Waals surface area (Å²) in [4.78, 5) is 11.5. The second-order valence-corrected chi connectivity index (χ2v) is 7.82. The first-order valence-corrected chi connectivity index (χ1v) is 8.59. The highest BCUT2D eigenvalue weighted by Crippen LogP contribution is 2.48. The molecule has 0 unspecified atom stereocenters. The first-order chi connectivity index (χ1) is 10.4. The third-order valence-electron chi connectivity index (χ3n) is 4.24. The maximum Gasteiger partial charge on any atom is 0.373 e. The lowest BCUT2D eigenvalue weighted by molar-refractivity contribution is 0.0563. The second-order valence-electron chi connectivity index (χ2n) is 5.91. The van der Waals surface area contributed by atoms with Crippen molar-refractivity contribution in [2.75, 3.05) is 33.4 Å². The Morgan fingerprint density at radius 2 is 2.14 bits per heavy atom. The summed E-state index contributed by atoms with van der Waals surface area (Å²) in [5.74, 6) is -0.608. The molecule has 2 fully saturated rings. The van der Waals surface area contributed by atoms with Crippen LogP contribution in [0.4, 0.5) is 0 Å². The minimum Gasteiger partial charge on any atom is -0.463 e. The van der Waals surface area contributed by atoms with E-state index in [1.54, 1.807) is 0 Å². The van der Waals surface area contributed by atoms with E-state index >= 15 is 0 Å². The van der Waals surface area contributed by atoms with Crippen molar-refractivity contribution in [2.24, 2.45) is 5.41 Å². The number of ether oxygens (including phenoxy) is 2. The van der Waals surface area contributed by atoms with Crippen LogP contribution in [0.1, 0.15) is 29.2 Å². The Bertz CT molecular complexity index is 688. The molecule has 8 heteroatoms. The number of furan rings is 1. The van der Waals surface area contributed by atoms with Crippen molar-refractivity contribution < 1.29 is 27.1 Å². The zero-order chi connectivity index (χ0) is 16.0. The largest absolute Gasteiger partial charge is 0.463 e. The molecule has 0 bridgehead atoms. The number of aryl methyl sites for hydroxylation is 1. The van der Waals surface area contributed by atoms with Gasteiger partial charge in [0.05, 0.1) is 20.3 Å². The number of nitrogens with zero attached hydrogens (tertiary/aromatic N) is 1. The monoisotopic (exact) mass is 329 g/mol. The molecule has 1 aromatic heterocycles. The molecule has 1 saturated heterocycles. The number of carbonyl (C=O) groups is 1. The molecule has 122 valence electrons. The molecular formula is C14H19NO6S. The molecule has 2 heterocycles. The van der Waals surface area contributed by atoms with Gasteiger partial charge < -0.3 is 13.9 Å². The van der Waals surface area contributed by atoms with Crippen LogP contribution in [-0.4, -0.2) is 52.1 Å². The van der Waals surface area contributed by atoms with Gasteiger partial charge in [-0.3, -0.25) is 0 Å². The summed E-state index contributed by atoms with van der Waals surface area (Å²) in [5, 5.41) is 0. The quantitative estimate of drug-likeness (QED) is 0.774. The van der Waals surface area contributed by atoms with E-state index in [1.165, 1.54) is 24.4 Å². The number of carbonyl (C=O) groups excluding carboxylic acids is 1. The van der Waals surface area contributed by atoms with E-state index in [4.69, 9.17) is 9.15 Å². The van der Waals surface area contributed by atoms with Crippen LogP contribution in [0.25, 0.3) is 0 Å². The molecule has 0 N–H and O–H groups in total. The predicted octanol–water partition coefficient (Wildman–Crippen LogP) is 1.18. The van der Waals surface area contributed by atoms with E-state index in [-0.39, 0.29) is 21.8 Å². The molecule has 0 aromatic carbocycles. The van der Waals surface area contributed by atoms with E-state index < -0.39 is 16.0 Å². The summed E-state index contributed by atoms with van der Waals surface area (Å²) >= 11 is 0. The van der Waals surface area contributed by atoms with Crippen LogP contribution in [-0.2, 0) is 19.5 Å². The van der Waals surface area contributed by atoms with Gasteiger partial charge in [0.1, 0.15) is 10.7 Å². The Kier molecular flexibility index (Phi) is 3.78. The highest BCUT2D eigenvalue weighted by molar-refractivity contribution is 7.89. The van der Waals surface area contributed by atoms with E-state index in [2.05, 4.69) is 4.74 Å². The Balaban J connectivity index is 1.92. The van der Waals surface area contributed by atoms with Crippen LogP contribution < -0.4 is 0 Å². The lowest BCUT2D eigenvalue weighted by Gasteiger charge is -2.22. The summed E-state index contributed by atoms with van der Waals surface area (Å²) < 4.78 is 42.5. The van der Waals surface area contributed by atoms with E-state index in [0.717, 1.165) is 12.8 Å². The average Bonchev–Trinajstić information content (AvgIpc) is 3.20. The molecule has 0 atom stereocenters. The zero-order valence-corrected chi connectivity index (χ0v) is 13.4. The fourth-order valence-electron chi connectivity index (χ4n) is 2.70. The van der Waals surface area contributed by atoms with Crippen molar-refractivity contribution in [3.05, 3.63) is 17.6 Å². The fourth-order valence-corrected chi connectivity index (χ4v) is 4.40. The van der Waals surface area contributed by atoms with Gasteiger partial charge in [-0.25, -0.2) is 13.2 Å². The highest BCUT2D eigenvalue weighted by atomic mass is 32.2. The zero-order valence-electron chi connectivity index (χ0n) is 12.6. The van der Waals surface area contributed by atoms with Gasteiger partial charge in [-0.1, -0.05) is 0 Å². The molecule has 2 aliphatic rings. The van der Waals surface area contributed by atoms with Crippen molar-refractivity contribution in [3.63, 3.8) is 0 Å². The number of rotatable bonds is 3. The molecule has 1 spiro atoms. The minimum absolute atomic E-state index is 0.0191. The summed E-state index contributed by atoms with van der Waals surface area (Å²) in [7, 11) is -2.50. The molecule has 1 aliphatic heterocycles. The number of hydrogen-bond donors (Lipinski definition) is 0. The standard InChI is InChI=1S/C14H19NO6S/c1-10-12(7-11(21-10)13(16)19-2)22(17,18)15-5-6-20-9-14(8-15)3-4-14/h7H,3-6,8-9H2,1-2H3. The van der Waals surface area contributed by atoms with Crippen LogP contribution in [0.15, 0.2) is 15.4 Å². The van der Waals surface area contributed by atoms with Crippen LogP contribution in [0, 0.1) is 12.3 Å². The van der Waals surface area contributed by atoms with Gasteiger partial charge in [0, 0.05) is 24.6 Å². The fraction of sp³-hybridized carbons (Fsp3) is 0.643. The van der Waals surface area contributed by atoms with Crippen LogP contribution >= 0.6 is 0 Å². The molecular weight excluding hydrogens is 310 g/mol. The SMILES string of the molecule is COC(=O)c1cc(S(=O)(=O)N2CCOCC3(CC3)C2)c(C)o1. The summed E-state index contributed by atoms with van der Waals surface area (Å²) in [6, 6.07) is 1.24. The van der Waals surface area contributed by atoms with Crippen molar-refractivity contribution >= 4 is 16.0 Å². The predicted molar refractivity (Wildman–Crippen MR) is 76.0 cm³/mol. The Hall–Kier alpha value is -1.38. The molecule has 22 heavy (non-hydrogen) atoms. The van der Waals surface area contributed by atoms with Crippen LogP contribution in [0.2, 0.25) is 0 Å². The van der Waals surface area contributed by atoms with Gasteiger partial charge in [0.15, 0.2) is 0 Å². The molecule has 1 saturated carbocycles. The maximum absolute atomic E-state index is 12.9. The van der Waals surface area contributed by atoms with Crippen molar-refractivity contribution in [1.29, 1.82) is 0 Å². The van der Waals surface area contributed by atoms with Gasteiger partial charge in [0.25, 0.3) is 0 Å². The Labute approximate surface area is 129 Å². The smallest absolute Gasteiger partial charge is 0.373 e. The third kappa shape index (κ3) is 2.66. The van der Waals surface area contributed by atoms with Crippen molar-refractivity contribution in [3.8, 4) is 0 Å². The highest BCUT2D eigenvalue weighted by Gasteiger charge is 2.48. The number of sulfonamides is 1. The molecule has 0 amide bonds. The molecule has 7 nitrogen and oxygen atoms in total. The topological polar surface area (TPSA) is 86.1 Å². The molecule has 1 aliphatic carbocycles. The van der Waals surface area contributed by atoms with Gasteiger partial charge in [-0.05, 0) is 19.8 Å². The first kappa shape index (κ1) is 15.5. The van der Waals surface area contributed by atoms with E-state index in [9.17, 15) is 13.2 Å². The summed E-state index contributed by atoms with van der Waals surface area (Å²) in [6.07, 6.45) is 1.97. The van der Waals surface area contributed by atoms with Gasteiger partial charge >= 0.3 is 5.97 Å². The van der Waals surface area contributed by atoms with Crippen LogP contribution in [0.5, 0.6) is 0 Å². The molecule has 3 rings (SSSR count). The lowest BCUT2D eigenvalue weighted by atomic mass is 10.1. The van der Waals surface area contributed by atoms with Gasteiger partial charge in [0.2, 0.25) is 15.8 Å². The summed E-state index contributed by atoms with van der Waals surface area (Å²) in [5.41, 5.74) is -0.0353. The number of hydrogen-bond acceptors (Lipinski definition) is 6. The number of esters is 1. The molecule has 0 radical (unpaired) electrons. The normalized spacial score (nSPS) is 21.5. The number of methoxy groups -OCH3 is 1. The Morgan fingerprint density at radius 3 is 2.77 bits per heavy atom. The Morgan fingerprint density at radius 1 is 1.41 bits per heavy atom. The minimum atomic E-state index is -3.72. The first-order valence-electron chi connectivity index (χ1n) is 7.15. The van der Waals surface area contributed by atoms with E-state index in [1.807, 2.05) is 0 Å². The molecule has 1 aromatic rings. The third-order valence-corrected chi connectivity index (χ3v) is 6.19.